The van der Waals surface area contributed by atoms with Crippen molar-refractivity contribution >= 4 is 40.2 Å². The first-order chi connectivity index (χ1) is 15.4. The number of anilines is 2. The SMILES string of the molecule is COc1c(C(C)Nc2ncnc3[nH]cnc23)cc(Cl)c(C)c1-c1ccc(NC(C)=O)cc1. The molecule has 0 bridgehead atoms. The van der Waals surface area contributed by atoms with E-state index in [0.29, 0.717) is 27.8 Å². The van der Waals surface area contributed by atoms with E-state index >= 15 is 0 Å². The molecule has 0 radical (unpaired) electrons. The van der Waals surface area contributed by atoms with Crippen LogP contribution in [0, 0.1) is 6.92 Å². The Labute approximate surface area is 190 Å². The van der Waals surface area contributed by atoms with Crippen molar-refractivity contribution in [1.82, 2.24) is 19.9 Å². The number of methoxy groups -OCH3 is 1. The molecule has 164 valence electrons. The van der Waals surface area contributed by atoms with E-state index in [1.165, 1.54) is 13.3 Å². The van der Waals surface area contributed by atoms with Gasteiger partial charge in [-0.2, -0.15) is 0 Å². The maximum atomic E-state index is 11.3. The number of H-pyrrole nitrogens is 1. The van der Waals surface area contributed by atoms with E-state index in [2.05, 4.69) is 30.6 Å². The number of amides is 1. The number of aromatic nitrogens is 4. The summed E-state index contributed by atoms with van der Waals surface area (Å²) in [5.74, 6) is 1.21. The lowest BCUT2D eigenvalue weighted by atomic mass is 9.93. The van der Waals surface area contributed by atoms with Crippen LogP contribution in [0.15, 0.2) is 43.0 Å². The molecular formula is C23H23ClN6O2. The lowest BCUT2D eigenvalue weighted by Crippen LogP contribution is -2.11. The molecule has 0 spiro atoms. The zero-order valence-corrected chi connectivity index (χ0v) is 18.9. The van der Waals surface area contributed by atoms with E-state index in [1.54, 1.807) is 13.4 Å². The molecule has 1 unspecified atom stereocenters. The fourth-order valence-corrected chi connectivity index (χ4v) is 3.92. The molecular weight excluding hydrogens is 428 g/mol. The molecule has 8 nitrogen and oxygen atoms in total. The van der Waals surface area contributed by atoms with Gasteiger partial charge in [0.25, 0.3) is 0 Å². The van der Waals surface area contributed by atoms with E-state index in [0.717, 1.165) is 27.9 Å². The smallest absolute Gasteiger partial charge is 0.221 e. The largest absolute Gasteiger partial charge is 0.496 e. The minimum atomic E-state index is -0.185. The van der Waals surface area contributed by atoms with Crippen LogP contribution in [0.25, 0.3) is 22.3 Å². The van der Waals surface area contributed by atoms with Crippen LogP contribution in [0.5, 0.6) is 5.75 Å². The van der Waals surface area contributed by atoms with E-state index < -0.39 is 0 Å². The Morgan fingerprint density at radius 2 is 1.94 bits per heavy atom. The van der Waals surface area contributed by atoms with Crippen molar-refractivity contribution in [2.45, 2.75) is 26.8 Å². The Bertz CT molecular complexity index is 1290. The van der Waals surface area contributed by atoms with Gasteiger partial charge < -0.3 is 20.4 Å². The summed E-state index contributed by atoms with van der Waals surface area (Å²) in [5, 5.41) is 6.81. The molecule has 0 fully saturated rings. The van der Waals surface area contributed by atoms with Gasteiger partial charge in [-0.1, -0.05) is 23.7 Å². The summed E-state index contributed by atoms with van der Waals surface area (Å²) >= 11 is 6.64. The van der Waals surface area contributed by atoms with E-state index in [-0.39, 0.29) is 11.9 Å². The van der Waals surface area contributed by atoms with Crippen LogP contribution in [-0.2, 0) is 4.79 Å². The summed E-state index contributed by atoms with van der Waals surface area (Å²) < 4.78 is 5.87. The number of ether oxygens (including phenoxy) is 1. The number of hydrogen-bond acceptors (Lipinski definition) is 6. The lowest BCUT2D eigenvalue weighted by Gasteiger charge is -2.23. The number of rotatable bonds is 6. The molecule has 2 aromatic carbocycles. The molecule has 0 saturated carbocycles. The summed E-state index contributed by atoms with van der Waals surface area (Å²) in [7, 11) is 1.64. The minimum absolute atomic E-state index is 0.118. The number of imidazole rings is 1. The van der Waals surface area contributed by atoms with Crippen LogP contribution in [0.4, 0.5) is 11.5 Å². The first-order valence-electron chi connectivity index (χ1n) is 10.0. The van der Waals surface area contributed by atoms with E-state index in [4.69, 9.17) is 16.3 Å². The second-order valence-electron chi connectivity index (χ2n) is 7.43. The van der Waals surface area contributed by atoms with Crippen molar-refractivity contribution in [3.8, 4) is 16.9 Å². The number of halogens is 1. The molecule has 2 heterocycles. The molecule has 4 rings (SSSR count). The Balaban J connectivity index is 1.75. The fourth-order valence-electron chi connectivity index (χ4n) is 3.71. The number of carbonyl (C=O) groups is 1. The summed E-state index contributed by atoms with van der Waals surface area (Å²) in [6, 6.07) is 9.30. The molecule has 0 aliphatic carbocycles. The highest BCUT2D eigenvalue weighted by Gasteiger charge is 2.22. The molecule has 1 amide bonds. The predicted molar refractivity (Wildman–Crippen MR) is 126 cm³/mol. The van der Waals surface area contributed by atoms with Gasteiger partial charge in [-0.05, 0) is 43.2 Å². The number of nitrogens with one attached hydrogen (secondary N) is 3. The van der Waals surface area contributed by atoms with Crippen LogP contribution in [0.3, 0.4) is 0 Å². The molecule has 2 aromatic heterocycles. The second kappa shape index (κ2) is 8.84. The molecule has 9 heteroatoms. The van der Waals surface area contributed by atoms with Gasteiger partial charge in [0.1, 0.15) is 17.6 Å². The topological polar surface area (TPSA) is 105 Å². The Morgan fingerprint density at radius 3 is 2.62 bits per heavy atom. The molecule has 0 aliphatic rings. The summed E-state index contributed by atoms with van der Waals surface area (Å²) in [6.45, 7) is 5.45. The van der Waals surface area contributed by atoms with Crippen molar-refractivity contribution in [2.75, 3.05) is 17.7 Å². The Hall–Kier alpha value is -3.65. The lowest BCUT2D eigenvalue weighted by molar-refractivity contribution is -0.114. The van der Waals surface area contributed by atoms with E-state index in [9.17, 15) is 4.79 Å². The first kappa shape index (κ1) is 21.6. The summed E-state index contributed by atoms with van der Waals surface area (Å²) in [4.78, 5) is 27.1. The van der Waals surface area contributed by atoms with E-state index in [1.807, 2.05) is 44.2 Å². The number of carbonyl (C=O) groups excluding carboxylic acids is 1. The van der Waals surface area contributed by atoms with Gasteiger partial charge in [-0.25, -0.2) is 15.0 Å². The number of hydrogen-bond donors (Lipinski definition) is 3. The highest BCUT2D eigenvalue weighted by atomic mass is 35.5. The second-order valence-corrected chi connectivity index (χ2v) is 7.83. The van der Waals surface area contributed by atoms with Crippen LogP contribution in [0.2, 0.25) is 5.02 Å². The average molecular weight is 451 g/mol. The van der Waals surface area contributed by atoms with Crippen molar-refractivity contribution in [1.29, 1.82) is 0 Å². The molecule has 0 saturated heterocycles. The van der Waals surface area contributed by atoms with Gasteiger partial charge in [0.15, 0.2) is 11.5 Å². The molecule has 0 aliphatic heterocycles. The Morgan fingerprint density at radius 1 is 1.19 bits per heavy atom. The normalized spacial score (nSPS) is 11.9. The summed E-state index contributed by atoms with van der Waals surface area (Å²) in [6.07, 6.45) is 3.07. The van der Waals surface area contributed by atoms with Crippen LogP contribution < -0.4 is 15.4 Å². The fraction of sp³-hybridized carbons (Fsp3) is 0.217. The minimum Gasteiger partial charge on any atom is -0.496 e. The quantitative estimate of drug-likeness (QED) is 0.376. The van der Waals surface area contributed by atoms with Crippen LogP contribution in [-0.4, -0.2) is 33.0 Å². The van der Waals surface area contributed by atoms with Gasteiger partial charge in [-0.15, -0.1) is 0 Å². The van der Waals surface area contributed by atoms with Crippen molar-refractivity contribution in [2.24, 2.45) is 0 Å². The molecule has 1 atom stereocenters. The number of aromatic amines is 1. The number of benzene rings is 2. The predicted octanol–water partition coefficient (Wildman–Crippen LogP) is 5.12. The van der Waals surface area contributed by atoms with Crippen molar-refractivity contribution < 1.29 is 9.53 Å². The maximum Gasteiger partial charge on any atom is 0.221 e. The molecule has 4 aromatic rings. The monoisotopic (exact) mass is 450 g/mol. The molecule has 3 N–H and O–H groups in total. The highest BCUT2D eigenvalue weighted by molar-refractivity contribution is 6.32. The van der Waals surface area contributed by atoms with Gasteiger partial charge in [0, 0.05) is 28.8 Å². The van der Waals surface area contributed by atoms with Gasteiger partial charge >= 0.3 is 0 Å². The van der Waals surface area contributed by atoms with Gasteiger partial charge in [0.05, 0.1) is 19.5 Å². The molecule has 32 heavy (non-hydrogen) atoms. The average Bonchev–Trinajstić information content (AvgIpc) is 3.25. The third-order valence-corrected chi connectivity index (χ3v) is 5.63. The third-order valence-electron chi connectivity index (χ3n) is 5.24. The third kappa shape index (κ3) is 4.09. The maximum absolute atomic E-state index is 11.3. The zero-order chi connectivity index (χ0) is 22.8. The van der Waals surface area contributed by atoms with Crippen molar-refractivity contribution in [3.05, 3.63) is 59.1 Å². The zero-order valence-electron chi connectivity index (χ0n) is 18.2. The first-order valence-corrected chi connectivity index (χ1v) is 10.4. The van der Waals surface area contributed by atoms with Crippen molar-refractivity contribution in [3.63, 3.8) is 0 Å². The number of fused-ring (bicyclic) bond motifs is 1. The number of nitrogens with zero attached hydrogens (tertiary/aromatic N) is 3. The Kier molecular flexibility index (Phi) is 5.96. The summed E-state index contributed by atoms with van der Waals surface area (Å²) in [5.41, 5.74) is 5.65. The van der Waals surface area contributed by atoms with Gasteiger partial charge in [-0.3, -0.25) is 4.79 Å². The van der Waals surface area contributed by atoms with Gasteiger partial charge in [0.2, 0.25) is 5.91 Å². The van der Waals surface area contributed by atoms with Crippen LogP contribution in [0.1, 0.15) is 31.0 Å². The highest BCUT2D eigenvalue weighted by Crippen LogP contribution is 2.43. The standard InChI is InChI=1S/C23H23ClN6O2/c1-12-18(24)9-17(13(2)29-23-20-22(26-10-25-20)27-11-28-23)21(32-4)19(12)15-5-7-16(8-6-15)30-14(3)31/h5-11,13H,1-4H3,(H,30,31)(H2,25,26,27,28,29). The van der Waals surface area contributed by atoms with Crippen LogP contribution >= 0.6 is 11.6 Å².